The normalized spacial score (nSPS) is 14.9. The molecular weight excluding hydrogens is 227 g/mol. The highest BCUT2D eigenvalue weighted by Gasteiger charge is 2.18. The average Bonchev–Trinajstić information content (AvgIpc) is 2.81. The van der Waals surface area contributed by atoms with E-state index in [0.717, 1.165) is 0 Å². The number of rotatable bonds is 0. The van der Waals surface area contributed by atoms with Crippen LogP contribution in [0.25, 0.3) is 12.2 Å². The Morgan fingerprint density at radius 2 is 1.43 bits per heavy atom. The zero-order valence-corrected chi connectivity index (χ0v) is 10.3. The van der Waals surface area contributed by atoms with Crippen molar-refractivity contribution in [2.24, 2.45) is 0 Å². The van der Waals surface area contributed by atoms with Crippen molar-refractivity contribution >= 4 is 53.4 Å². The zero-order valence-electron chi connectivity index (χ0n) is 7.73. The number of thiophene rings is 2. The molecule has 0 amide bonds. The highest BCUT2D eigenvalue weighted by Crippen LogP contribution is 2.38. The van der Waals surface area contributed by atoms with Gasteiger partial charge in [-0.2, -0.15) is 0 Å². The third-order valence-electron chi connectivity index (χ3n) is 2.46. The molecule has 1 aliphatic rings. The second-order valence-corrected chi connectivity index (χ2v) is 7.21. The molecule has 0 aromatic carbocycles. The highest BCUT2D eigenvalue weighted by molar-refractivity contribution is 7.73. The van der Waals surface area contributed by atoms with Gasteiger partial charge in [0.25, 0.3) is 0 Å². The Bertz CT molecular complexity index is 449. The molecule has 0 fully saturated rings. The Morgan fingerprint density at radius 1 is 0.929 bits per heavy atom. The molecule has 0 atom stereocenters. The van der Waals surface area contributed by atoms with Crippen LogP contribution in [0.2, 0.25) is 0 Å². The van der Waals surface area contributed by atoms with Gasteiger partial charge in [0, 0.05) is 9.75 Å². The topological polar surface area (TPSA) is 0 Å². The van der Waals surface area contributed by atoms with E-state index in [2.05, 4.69) is 41.7 Å². The maximum atomic E-state index is 2.36. The van der Waals surface area contributed by atoms with Gasteiger partial charge < -0.3 is 0 Å². The molecule has 1 aliphatic heterocycles. The predicted molar refractivity (Wildman–Crippen MR) is 69.7 cm³/mol. The number of hydrogen-bond donors (Lipinski definition) is 0. The van der Waals surface area contributed by atoms with Crippen LogP contribution in [0.15, 0.2) is 22.9 Å². The number of hydrogen-bond acceptors (Lipinski definition) is 2. The minimum Gasteiger partial charge on any atom is -0.144 e. The molecule has 2 aromatic heterocycles. The van der Waals surface area contributed by atoms with Gasteiger partial charge in [-0.05, 0) is 60.2 Å². The maximum Gasteiger partial charge on any atom is 0.0350 e. The van der Waals surface area contributed by atoms with Gasteiger partial charge in [0.2, 0.25) is 0 Å². The van der Waals surface area contributed by atoms with Crippen molar-refractivity contribution in [3.8, 4) is 0 Å². The third-order valence-corrected chi connectivity index (χ3v) is 6.75. The van der Waals surface area contributed by atoms with E-state index in [4.69, 9.17) is 0 Å². The summed E-state index contributed by atoms with van der Waals surface area (Å²) in [6, 6.07) is 4.56. The minimum atomic E-state index is -0.118. The molecule has 0 saturated heterocycles. The fourth-order valence-electron chi connectivity index (χ4n) is 1.71. The van der Waals surface area contributed by atoms with Gasteiger partial charge in [-0.25, -0.2) is 0 Å². The molecule has 0 bridgehead atoms. The summed E-state index contributed by atoms with van der Waals surface area (Å²) in [5.74, 6) is 0. The molecule has 70 valence electrons. The highest BCUT2D eigenvalue weighted by atomic mass is 32.1. The lowest BCUT2D eigenvalue weighted by atomic mass is 10.4. The predicted octanol–water partition coefficient (Wildman–Crippen LogP) is 3.36. The van der Waals surface area contributed by atoms with Crippen LogP contribution < -0.4 is 10.6 Å². The van der Waals surface area contributed by atoms with Crippen LogP contribution in [0.4, 0.5) is 0 Å². The summed E-state index contributed by atoms with van der Waals surface area (Å²) in [6.07, 6.45) is 4.53. The van der Waals surface area contributed by atoms with E-state index in [0.29, 0.717) is 0 Å². The van der Waals surface area contributed by atoms with Crippen molar-refractivity contribution in [1.29, 1.82) is 0 Å². The van der Waals surface area contributed by atoms with Crippen LogP contribution in [-0.4, -0.2) is 6.66 Å². The Balaban J connectivity index is 2.26. The molecule has 3 heterocycles. The quantitative estimate of drug-likeness (QED) is 0.615. The standard InChI is InChI=1S/C11H9PS2/c1-12-8-4-6-13-10(8)2-3-11-9(12)5-7-14-11/h2-7H,1H3. The van der Waals surface area contributed by atoms with E-state index in [1.807, 2.05) is 22.7 Å². The molecule has 0 radical (unpaired) electrons. The molecule has 2 aromatic rings. The average molecular weight is 236 g/mol. The summed E-state index contributed by atoms with van der Waals surface area (Å²) in [4.78, 5) is 2.89. The van der Waals surface area contributed by atoms with Gasteiger partial charge in [0.1, 0.15) is 0 Å². The van der Waals surface area contributed by atoms with Crippen LogP contribution in [0.3, 0.4) is 0 Å². The van der Waals surface area contributed by atoms with Gasteiger partial charge in [0.05, 0.1) is 0 Å². The molecule has 0 unspecified atom stereocenters. The van der Waals surface area contributed by atoms with Crippen LogP contribution in [-0.2, 0) is 0 Å². The Labute approximate surface area is 92.7 Å². The van der Waals surface area contributed by atoms with Crippen LogP contribution in [0.1, 0.15) is 9.75 Å². The molecule has 14 heavy (non-hydrogen) atoms. The van der Waals surface area contributed by atoms with E-state index in [1.165, 1.54) is 9.75 Å². The molecule has 0 nitrogen and oxygen atoms in total. The lowest BCUT2D eigenvalue weighted by Crippen LogP contribution is -2.09. The van der Waals surface area contributed by atoms with Gasteiger partial charge in [0.15, 0.2) is 0 Å². The van der Waals surface area contributed by atoms with Crippen molar-refractivity contribution in [1.82, 2.24) is 0 Å². The van der Waals surface area contributed by atoms with Crippen LogP contribution >= 0.6 is 30.6 Å². The first kappa shape index (κ1) is 8.84. The lowest BCUT2D eigenvalue weighted by Gasteiger charge is -2.09. The summed E-state index contributed by atoms with van der Waals surface area (Å²) in [7, 11) is -0.118. The molecule has 0 spiro atoms. The second-order valence-electron chi connectivity index (χ2n) is 3.23. The first-order valence-corrected chi connectivity index (χ1v) is 7.98. The molecule has 0 saturated carbocycles. The molecular formula is C11H9PS2. The van der Waals surface area contributed by atoms with E-state index < -0.39 is 0 Å². The minimum absolute atomic E-state index is 0.118. The maximum absolute atomic E-state index is 2.36. The molecule has 3 heteroatoms. The smallest absolute Gasteiger partial charge is 0.0350 e. The molecule has 3 rings (SSSR count). The van der Waals surface area contributed by atoms with E-state index in [1.54, 1.807) is 10.6 Å². The Hall–Kier alpha value is -0.430. The summed E-state index contributed by atoms with van der Waals surface area (Å²) < 4.78 is 0. The zero-order chi connectivity index (χ0) is 9.54. The first-order chi connectivity index (χ1) is 6.86. The fraction of sp³-hybridized carbons (Fsp3) is 0.0909. The molecule has 0 aliphatic carbocycles. The van der Waals surface area contributed by atoms with Crippen LogP contribution in [0.5, 0.6) is 0 Å². The van der Waals surface area contributed by atoms with E-state index in [9.17, 15) is 0 Å². The fourth-order valence-corrected chi connectivity index (χ4v) is 6.09. The van der Waals surface area contributed by atoms with Gasteiger partial charge in [-0.15, -0.1) is 22.7 Å². The van der Waals surface area contributed by atoms with Crippen molar-refractivity contribution in [2.45, 2.75) is 0 Å². The van der Waals surface area contributed by atoms with Gasteiger partial charge in [-0.1, -0.05) is 0 Å². The van der Waals surface area contributed by atoms with Crippen molar-refractivity contribution in [3.63, 3.8) is 0 Å². The Morgan fingerprint density at radius 3 is 1.93 bits per heavy atom. The summed E-state index contributed by atoms with van der Waals surface area (Å²) in [5, 5.41) is 7.48. The largest absolute Gasteiger partial charge is 0.144 e. The van der Waals surface area contributed by atoms with Crippen LogP contribution in [0, 0.1) is 0 Å². The summed E-state index contributed by atoms with van der Waals surface area (Å²) >= 11 is 3.70. The first-order valence-electron chi connectivity index (χ1n) is 4.43. The monoisotopic (exact) mass is 236 g/mol. The van der Waals surface area contributed by atoms with Gasteiger partial charge in [-0.3, -0.25) is 0 Å². The van der Waals surface area contributed by atoms with E-state index >= 15 is 0 Å². The SMILES string of the molecule is CP1c2ccsc2C=Cc2sccc21. The molecule has 0 N–H and O–H groups in total. The lowest BCUT2D eigenvalue weighted by molar-refractivity contribution is 2.04. The summed E-state index contributed by atoms with van der Waals surface area (Å²) in [6.45, 7) is 2.36. The number of fused-ring (bicyclic) bond motifs is 2. The van der Waals surface area contributed by atoms with Crippen molar-refractivity contribution in [2.75, 3.05) is 6.66 Å². The second kappa shape index (κ2) is 3.30. The summed E-state index contributed by atoms with van der Waals surface area (Å²) in [5.41, 5.74) is 0. The third kappa shape index (κ3) is 1.22. The van der Waals surface area contributed by atoms with Crippen molar-refractivity contribution in [3.05, 3.63) is 32.6 Å². The van der Waals surface area contributed by atoms with E-state index in [-0.39, 0.29) is 7.92 Å². The Kier molecular flexibility index (Phi) is 2.09. The van der Waals surface area contributed by atoms with Gasteiger partial charge >= 0.3 is 0 Å². The van der Waals surface area contributed by atoms with Crippen molar-refractivity contribution < 1.29 is 0 Å².